The fraction of sp³-hybridized carbons (Fsp3) is 0.267. The van der Waals surface area contributed by atoms with Crippen molar-refractivity contribution < 1.29 is 14.6 Å². The summed E-state index contributed by atoms with van der Waals surface area (Å²) in [5.41, 5.74) is 1.75. The molecule has 0 aliphatic heterocycles. The molecule has 1 N–H and O–H groups in total. The van der Waals surface area contributed by atoms with E-state index in [9.17, 15) is 5.11 Å². The van der Waals surface area contributed by atoms with Gasteiger partial charge in [-0.25, -0.2) is 0 Å². The van der Waals surface area contributed by atoms with E-state index in [2.05, 4.69) is 20.9 Å². The van der Waals surface area contributed by atoms with Crippen LogP contribution in [0.15, 0.2) is 41.1 Å². The lowest BCUT2D eigenvalue weighted by Gasteiger charge is -2.13. The van der Waals surface area contributed by atoms with Crippen LogP contribution in [0.1, 0.15) is 24.2 Å². The summed E-state index contributed by atoms with van der Waals surface area (Å²) in [6.07, 6.45) is 2.94. The van der Waals surface area contributed by atoms with Crippen LogP contribution >= 0.6 is 15.9 Å². The summed E-state index contributed by atoms with van der Waals surface area (Å²) in [6.45, 7) is 2.11. The monoisotopic (exact) mass is 337 g/mol. The average molecular weight is 338 g/mol. The Morgan fingerprint density at radius 3 is 2.70 bits per heavy atom. The number of hydrogen-bond donors (Lipinski definition) is 1. The third-order valence-corrected chi connectivity index (χ3v) is 3.26. The Bertz CT molecular complexity index is 587. The van der Waals surface area contributed by atoms with Gasteiger partial charge < -0.3 is 14.6 Å². The van der Waals surface area contributed by atoms with Gasteiger partial charge in [0.1, 0.15) is 6.61 Å². The molecule has 1 aromatic heterocycles. The van der Waals surface area contributed by atoms with E-state index in [4.69, 9.17) is 9.47 Å². The number of aromatic nitrogens is 1. The summed E-state index contributed by atoms with van der Waals surface area (Å²) in [6, 6.07) is 7.34. The highest BCUT2D eigenvalue weighted by atomic mass is 79.9. The van der Waals surface area contributed by atoms with Crippen LogP contribution in [-0.4, -0.2) is 17.2 Å². The molecule has 0 spiro atoms. The molecule has 4 nitrogen and oxygen atoms in total. The van der Waals surface area contributed by atoms with Gasteiger partial charge in [0.15, 0.2) is 11.5 Å². The molecule has 0 bridgehead atoms. The maximum atomic E-state index is 9.56. The Balaban J connectivity index is 2.13. The van der Waals surface area contributed by atoms with Crippen LogP contribution in [0.4, 0.5) is 0 Å². The van der Waals surface area contributed by atoms with E-state index in [1.54, 1.807) is 38.6 Å². The summed E-state index contributed by atoms with van der Waals surface area (Å²) in [7, 11) is 1.58. The second kappa shape index (κ2) is 6.72. The standard InChI is InChI=1S/C15H16BrNO3/c1-10(18)12-3-4-14(15(6-12)19-2)20-9-11-5-13(16)8-17-7-11/h3-8,10,18H,9H2,1-2H3. The highest BCUT2D eigenvalue weighted by Gasteiger charge is 2.09. The van der Waals surface area contributed by atoms with E-state index in [0.717, 1.165) is 15.6 Å². The molecule has 1 aromatic carbocycles. The second-order valence-electron chi connectivity index (χ2n) is 4.39. The lowest BCUT2D eigenvalue weighted by atomic mass is 10.1. The minimum absolute atomic E-state index is 0.400. The Hall–Kier alpha value is -1.59. The van der Waals surface area contributed by atoms with Crippen molar-refractivity contribution in [2.24, 2.45) is 0 Å². The van der Waals surface area contributed by atoms with Gasteiger partial charge in [-0.05, 0) is 46.6 Å². The molecule has 0 saturated heterocycles. The summed E-state index contributed by atoms with van der Waals surface area (Å²) < 4.78 is 11.9. The quantitative estimate of drug-likeness (QED) is 0.907. The lowest BCUT2D eigenvalue weighted by molar-refractivity contribution is 0.198. The minimum Gasteiger partial charge on any atom is -0.493 e. The van der Waals surface area contributed by atoms with Crippen LogP contribution in [0.25, 0.3) is 0 Å². The van der Waals surface area contributed by atoms with Crippen molar-refractivity contribution in [1.29, 1.82) is 0 Å². The van der Waals surface area contributed by atoms with E-state index in [1.807, 2.05) is 12.1 Å². The SMILES string of the molecule is COc1cc(C(C)O)ccc1OCc1cncc(Br)c1. The zero-order valence-electron chi connectivity index (χ0n) is 11.3. The summed E-state index contributed by atoms with van der Waals surface area (Å²) in [4.78, 5) is 4.09. The molecular weight excluding hydrogens is 322 g/mol. The molecule has 5 heteroatoms. The fourth-order valence-electron chi connectivity index (χ4n) is 1.76. The number of ether oxygens (including phenoxy) is 2. The first-order valence-electron chi connectivity index (χ1n) is 6.18. The van der Waals surface area contributed by atoms with Crippen LogP contribution in [0, 0.1) is 0 Å². The first-order valence-corrected chi connectivity index (χ1v) is 6.97. The summed E-state index contributed by atoms with van der Waals surface area (Å²) in [5.74, 6) is 1.24. The normalized spacial score (nSPS) is 12.0. The number of pyridine rings is 1. The van der Waals surface area contributed by atoms with Gasteiger partial charge in [0, 0.05) is 22.4 Å². The van der Waals surface area contributed by atoms with Crippen molar-refractivity contribution in [3.63, 3.8) is 0 Å². The van der Waals surface area contributed by atoms with E-state index in [1.165, 1.54) is 0 Å². The van der Waals surface area contributed by atoms with Crippen LogP contribution in [-0.2, 0) is 6.61 Å². The highest BCUT2D eigenvalue weighted by Crippen LogP contribution is 2.30. The molecule has 2 rings (SSSR count). The average Bonchev–Trinajstić information content (AvgIpc) is 2.45. The van der Waals surface area contributed by atoms with Crippen LogP contribution < -0.4 is 9.47 Å². The van der Waals surface area contributed by atoms with Gasteiger partial charge in [0.25, 0.3) is 0 Å². The number of aliphatic hydroxyl groups is 1. The maximum Gasteiger partial charge on any atom is 0.161 e. The van der Waals surface area contributed by atoms with E-state index in [0.29, 0.717) is 18.1 Å². The van der Waals surface area contributed by atoms with Crippen molar-refractivity contribution in [1.82, 2.24) is 4.98 Å². The Labute approximate surface area is 126 Å². The van der Waals surface area contributed by atoms with Gasteiger partial charge in [-0.2, -0.15) is 0 Å². The van der Waals surface area contributed by atoms with Crippen LogP contribution in [0.2, 0.25) is 0 Å². The topological polar surface area (TPSA) is 51.6 Å². The van der Waals surface area contributed by atoms with Gasteiger partial charge in [-0.3, -0.25) is 4.98 Å². The van der Waals surface area contributed by atoms with Crippen molar-refractivity contribution in [3.05, 3.63) is 52.3 Å². The first kappa shape index (κ1) is 14.8. The third-order valence-electron chi connectivity index (χ3n) is 2.83. The number of rotatable bonds is 5. The van der Waals surface area contributed by atoms with Crippen molar-refractivity contribution in [3.8, 4) is 11.5 Å². The number of halogens is 1. The van der Waals surface area contributed by atoms with Crippen molar-refractivity contribution >= 4 is 15.9 Å². The fourth-order valence-corrected chi connectivity index (χ4v) is 2.17. The van der Waals surface area contributed by atoms with Crippen LogP contribution in [0.3, 0.4) is 0 Å². The Kier molecular flexibility index (Phi) is 4.98. The number of hydrogen-bond acceptors (Lipinski definition) is 4. The maximum absolute atomic E-state index is 9.56. The number of methoxy groups -OCH3 is 1. The van der Waals surface area contributed by atoms with Gasteiger partial charge in [0.05, 0.1) is 13.2 Å². The molecule has 0 fully saturated rings. The Morgan fingerprint density at radius 1 is 1.25 bits per heavy atom. The zero-order valence-corrected chi connectivity index (χ0v) is 12.9. The largest absolute Gasteiger partial charge is 0.493 e. The first-order chi connectivity index (χ1) is 9.60. The molecule has 0 saturated carbocycles. The van der Waals surface area contributed by atoms with Crippen molar-refractivity contribution in [2.75, 3.05) is 7.11 Å². The molecule has 1 heterocycles. The van der Waals surface area contributed by atoms with E-state index < -0.39 is 6.10 Å². The number of aliphatic hydroxyl groups excluding tert-OH is 1. The molecule has 0 radical (unpaired) electrons. The third kappa shape index (κ3) is 3.71. The van der Waals surface area contributed by atoms with E-state index >= 15 is 0 Å². The highest BCUT2D eigenvalue weighted by molar-refractivity contribution is 9.10. The van der Waals surface area contributed by atoms with Gasteiger partial charge in [-0.15, -0.1) is 0 Å². The summed E-state index contributed by atoms with van der Waals surface area (Å²) >= 11 is 3.37. The molecular formula is C15H16BrNO3. The van der Waals surface area contributed by atoms with Crippen molar-refractivity contribution in [2.45, 2.75) is 19.6 Å². The zero-order chi connectivity index (χ0) is 14.5. The molecule has 1 atom stereocenters. The van der Waals surface area contributed by atoms with Gasteiger partial charge >= 0.3 is 0 Å². The molecule has 1 unspecified atom stereocenters. The Morgan fingerprint density at radius 2 is 2.05 bits per heavy atom. The molecule has 106 valence electrons. The smallest absolute Gasteiger partial charge is 0.161 e. The molecule has 0 amide bonds. The predicted molar refractivity (Wildman–Crippen MR) is 79.9 cm³/mol. The summed E-state index contributed by atoms with van der Waals surface area (Å²) in [5, 5.41) is 9.56. The number of nitrogens with zero attached hydrogens (tertiary/aromatic N) is 1. The molecule has 0 aliphatic rings. The predicted octanol–water partition coefficient (Wildman–Crippen LogP) is 3.49. The number of benzene rings is 1. The van der Waals surface area contributed by atoms with Crippen LogP contribution in [0.5, 0.6) is 11.5 Å². The molecule has 20 heavy (non-hydrogen) atoms. The minimum atomic E-state index is -0.535. The van der Waals surface area contributed by atoms with E-state index in [-0.39, 0.29) is 0 Å². The lowest BCUT2D eigenvalue weighted by Crippen LogP contribution is -2.00. The molecule has 0 aliphatic carbocycles. The second-order valence-corrected chi connectivity index (χ2v) is 5.30. The van der Waals surface area contributed by atoms with Gasteiger partial charge in [-0.1, -0.05) is 6.07 Å². The molecule has 2 aromatic rings. The van der Waals surface area contributed by atoms with Gasteiger partial charge in [0.2, 0.25) is 0 Å².